The van der Waals surface area contributed by atoms with Crippen molar-refractivity contribution in [1.29, 1.82) is 0 Å². The summed E-state index contributed by atoms with van der Waals surface area (Å²) in [6.07, 6.45) is 0. The van der Waals surface area contributed by atoms with Gasteiger partial charge in [0.2, 0.25) is 0 Å². The average molecular weight is 399 g/mol. The van der Waals surface area contributed by atoms with Crippen LogP contribution in [0.25, 0.3) is 0 Å². The van der Waals surface area contributed by atoms with Crippen LogP contribution in [-0.4, -0.2) is 30.1 Å². The zero-order valence-electron chi connectivity index (χ0n) is 15.6. The molecule has 3 aromatic rings. The highest BCUT2D eigenvalue weighted by Crippen LogP contribution is 2.30. The summed E-state index contributed by atoms with van der Waals surface area (Å²) < 4.78 is 10.5. The van der Waals surface area contributed by atoms with E-state index in [0.717, 1.165) is 0 Å². The van der Waals surface area contributed by atoms with E-state index in [2.05, 4.69) is 20.6 Å². The maximum Gasteiger partial charge on any atom is 0.274 e. The molecule has 144 valence electrons. The van der Waals surface area contributed by atoms with E-state index in [9.17, 15) is 4.79 Å². The number of hydrogen-bond donors (Lipinski definition) is 2. The molecule has 1 aromatic heterocycles. The van der Waals surface area contributed by atoms with E-state index in [1.165, 1.54) is 0 Å². The summed E-state index contributed by atoms with van der Waals surface area (Å²) in [5, 5.41) is 6.47. The van der Waals surface area contributed by atoms with Crippen LogP contribution in [0.15, 0.2) is 48.5 Å². The Bertz CT molecular complexity index is 1010. The van der Waals surface area contributed by atoms with Crippen molar-refractivity contribution in [2.75, 3.05) is 24.9 Å². The van der Waals surface area contributed by atoms with Crippen LogP contribution in [0, 0.1) is 6.92 Å². The van der Waals surface area contributed by atoms with Crippen molar-refractivity contribution in [3.8, 4) is 11.5 Å². The van der Waals surface area contributed by atoms with Crippen LogP contribution in [-0.2, 0) is 0 Å². The number of aryl methyl sites for hydroxylation is 1. The lowest BCUT2D eigenvalue weighted by Crippen LogP contribution is -2.15. The molecule has 0 aliphatic heterocycles. The smallest absolute Gasteiger partial charge is 0.274 e. The molecular formula is C20H19ClN4O3. The minimum Gasteiger partial charge on any atom is -0.497 e. The number of halogens is 1. The largest absolute Gasteiger partial charge is 0.497 e. The van der Waals surface area contributed by atoms with Gasteiger partial charge in [0.15, 0.2) is 0 Å². The number of ether oxygens (including phenoxy) is 2. The van der Waals surface area contributed by atoms with E-state index in [1.807, 2.05) is 0 Å². The van der Waals surface area contributed by atoms with Gasteiger partial charge in [0.1, 0.15) is 28.8 Å². The van der Waals surface area contributed by atoms with Gasteiger partial charge in [0.25, 0.3) is 5.91 Å². The SMILES string of the molecule is COc1cccc(NC(=O)c2cc(Nc3cc(Cl)ccc3OC)nc(C)n2)c1. The van der Waals surface area contributed by atoms with Gasteiger partial charge in [-0.15, -0.1) is 0 Å². The van der Waals surface area contributed by atoms with Crippen molar-refractivity contribution in [3.05, 3.63) is 65.1 Å². The van der Waals surface area contributed by atoms with Gasteiger partial charge in [0, 0.05) is 22.8 Å². The van der Waals surface area contributed by atoms with Crippen molar-refractivity contribution in [1.82, 2.24) is 9.97 Å². The third kappa shape index (κ3) is 4.69. The zero-order chi connectivity index (χ0) is 20.1. The molecule has 0 bridgehead atoms. The van der Waals surface area contributed by atoms with Gasteiger partial charge in [0.05, 0.1) is 19.9 Å². The fourth-order valence-electron chi connectivity index (χ4n) is 2.56. The second kappa shape index (κ2) is 8.58. The fourth-order valence-corrected chi connectivity index (χ4v) is 2.73. The summed E-state index contributed by atoms with van der Waals surface area (Å²) in [6, 6.07) is 13.8. The molecule has 0 aliphatic rings. The van der Waals surface area contributed by atoms with E-state index < -0.39 is 0 Å². The number of hydrogen-bond acceptors (Lipinski definition) is 6. The predicted octanol–water partition coefficient (Wildman–Crippen LogP) is 4.45. The van der Waals surface area contributed by atoms with Gasteiger partial charge in [-0.2, -0.15) is 0 Å². The Morgan fingerprint density at radius 2 is 1.86 bits per heavy atom. The number of benzene rings is 2. The first-order valence-electron chi connectivity index (χ1n) is 8.40. The lowest BCUT2D eigenvalue weighted by atomic mass is 10.2. The van der Waals surface area contributed by atoms with Gasteiger partial charge in [-0.25, -0.2) is 9.97 Å². The average Bonchev–Trinajstić information content (AvgIpc) is 2.68. The van der Waals surface area contributed by atoms with Crippen molar-refractivity contribution >= 4 is 34.7 Å². The quantitative estimate of drug-likeness (QED) is 0.638. The number of nitrogens with zero attached hydrogens (tertiary/aromatic N) is 2. The molecule has 1 heterocycles. The van der Waals surface area contributed by atoms with Crippen LogP contribution < -0.4 is 20.1 Å². The number of anilines is 3. The van der Waals surface area contributed by atoms with E-state index >= 15 is 0 Å². The zero-order valence-corrected chi connectivity index (χ0v) is 16.4. The van der Waals surface area contributed by atoms with E-state index in [4.69, 9.17) is 21.1 Å². The number of carbonyl (C=O) groups excluding carboxylic acids is 1. The van der Waals surface area contributed by atoms with E-state index in [0.29, 0.717) is 39.5 Å². The molecule has 7 nitrogen and oxygen atoms in total. The molecule has 0 radical (unpaired) electrons. The number of nitrogens with one attached hydrogen (secondary N) is 2. The summed E-state index contributed by atoms with van der Waals surface area (Å²) >= 11 is 6.07. The molecule has 8 heteroatoms. The summed E-state index contributed by atoms with van der Waals surface area (Å²) in [7, 11) is 3.13. The Kier molecular flexibility index (Phi) is 5.96. The molecular weight excluding hydrogens is 380 g/mol. The summed E-state index contributed by atoms with van der Waals surface area (Å²) in [6.45, 7) is 1.71. The number of methoxy groups -OCH3 is 2. The number of rotatable bonds is 6. The maximum atomic E-state index is 12.6. The Hall–Kier alpha value is -3.32. The van der Waals surface area contributed by atoms with Gasteiger partial charge in [-0.3, -0.25) is 4.79 Å². The van der Waals surface area contributed by atoms with Crippen molar-refractivity contribution in [2.45, 2.75) is 6.92 Å². The molecule has 0 aliphatic carbocycles. The van der Waals surface area contributed by atoms with Crippen molar-refractivity contribution in [3.63, 3.8) is 0 Å². The van der Waals surface area contributed by atoms with Gasteiger partial charge < -0.3 is 20.1 Å². The molecule has 2 aromatic carbocycles. The molecule has 0 unspecified atom stereocenters. The summed E-state index contributed by atoms with van der Waals surface area (Å²) in [5.41, 5.74) is 1.46. The Labute approximate surface area is 167 Å². The Morgan fingerprint density at radius 3 is 2.61 bits per heavy atom. The normalized spacial score (nSPS) is 10.3. The molecule has 0 saturated heterocycles. The van der Waals surface area contributed by atoms with Crippen molar-refractivity contribution < 1.29 is 14.3 Å². The summed E-state index contributed by atoms with van der Waals surface area (Å²) in [5.74, 6) is 1.78. The number of carbonyl (C=O) groups is 1. The van der Waals surface area contributed by atoms with E-state index in [1.54, 1.807) is 69.7 Å². The minimum absolute atomic E-state index is 0.221. The summed E-state index contributed by atoms with van der Waals surface area (Å²) in [4.78, 5) is 21.2. The topological polar surface area (TPSA) is 85.4 Å². The number of amides is 1. The van der Waals surface area contributed by atoms with Crippen LogP contribution >= 0.6 is 11.6 Å². The lowest BCUT2D eigenvalue weighted by Gasteiger charge is -2.12. The Morgan fingerprint density at radius 1 is 1.04 bits per heavy atom. The van der Waals surface area contributed by atoms with Crippen molar-refractivity contribution in [2.24, 2.45) is 0 Å². The maximum absolute atomic E-state index is 12.6. The second-order valence-electron chi connectivity index (χ2n) is 5.84. The fraction of sp³-hybridized carbons (Fsp3) is 0.150. The first-order valence-corrected chi connectivity index (χ1v) is 8.78. The molecule has 3 rings (SSSR count). The first kappa shape index (κ1) is 19.4. The number of aromatic nitrogens is 2. The molecule has 2 N–H and O–H groups in total. The van der Waals surface area contributed by atoms with Gasteiger partial charge in [-0.05, 0) is 37.3 Å². The molecule has 1 amide bonds. The highest BCUT2D eigenvalue weighted by atomic mass is 35.5. The standard InChI is InChI=1S/C20H19ClN4O3/c1-12-22-17(20(26)24-14-5-4-6-15(10-14)27-2)11-19(23-12)25-16-9-13(21)7-8-18(16)28-3/h4-11H,1-3H3,(H,24,26)(H,22,23,25). The molecule has 0 spiro atoms. The highest BCUT2D eigenvalue weighted by molar-refractivity contribution is 6.31. The van der Waals surface area contributed by atoms with Crippen LogP contribution in [0.5, 0.6) is 11.5 Å². The van der Waals surface area contributed by atoms with Crippen LogP contribution in [0.3, 0.4) is 0 Å². The molecule has 28 heavy (non-hydrogen) atoms. The van der Waals surface area contributed by atoms with Gasteiger partial charge in [-0.1, -0.05) is 17.7 Å². The Balaban J connectivity index is 1.85. The minimum atomic E-state index is -0.361. The monoisotopic (exact) mass is 398 g/mol. The van der Waals surface area contributed by atoms with Gasteiger partial charge >= 0.3 is 0 Å². The molecule has 0 fully saturated rings. The molecule has 0 saturated carbocycles. The van der Waals surface area contributed by atoms with Crippen LogP contribution in [0.2, 0.25) is 5.02 Å². The first-order chi connectivity index (χ1) is 13.5. The third-order valence-corrected chi connectivity index (χ3v) is 4.06. The van der Waals surface area contributed by atoms with E-state index in [-0.39, 0.29) is 11.6 Å². The van der Waals surface area contributed by atoms with Crippen LogP contribution in [0.4, 0.5) is 17.2 Å². The second-order valence-corrected chi connectivity index (χ2v) is 6.28. The third-order valence-electron chi connectivity index (χ3n) is 3.82. The van der Waals surface area contributed by atoms with Crippen LogP contribution in [0.1, 0.15) is 16.3 Å². The highest BCUT2D eigenvalue weighted by Gasteiger charge is 2.13. The molecule has 0 atom stereocenters. The predicted molar refractivity (Wildman–Crippen MR) is 109 cm³/mol. The lowest BCUT2D eigenvalue weighted by molar-refractivity contribution is 0.102.